The zero-order valence-electron chi connectivity index (χ0n) is 15.3. The normalized spacial score (nSPS) is 32.7. The summed E-state index contributed by atoms with van der Waals surface area (Å²) in [4.78, 5) is 25.6. The lowest BCUT2D eigenvalue weighted by Crippen LogP contribution is -2.52. The smallest absolute Gasteiger partial charge is 0.343 e. The molecule has 0 atom stereocenters. The van der Waals surface area contributed by atoms with Gasteiger partial charge in [0.1, 0.15) is 11.4 Å². The van der Waals surface area contributed by atoms with Gasteiger partial charge < -0.3 is 10.1 Å². The van der Waals surface area contributed by atoms with Gasteiger partial charge in [-0.1, -0.05) is 0 Å². The maximum Gasteiger partial charge on any atom is 0.343 e. The minimum atomic E-state index is -0.422. The van der Waals surface area contributed by atoms with Crippen LogP contribution in [0.2, 0.25) is 0 Å². The third kappa shape index (κ3) is 2.66. The van der Waals surface area contributed by atoms with Gasteiger partial charge in [0.05, 0.1) is 17.7 Å². The number of aromatic nitrogens is 2. The molecule has 0 radical (unpaired) electrons. The van der Waals surface area contributed by atoms with E-state index in [0.29, 0.717) is 41.4 Å². The van der Waals surface area contributed by atoms with E-state index in [4.69, 9.17) is 4.74 Å². The van der Waals surface area contributed by atoms with Crippen LogP contribution in [0.4, 0.5) is 5.82 Å². The second-order valence-corrected chi connectivity index (χ2v) is 8.31. The van der Waals surface area contributed by atoms with Crippen LogP contribution in [-0.2, 0) is 16.6 Å². The molecule has 1 aromatic rings. The number of esters is 1. The third-order valence-corrected chi connectivity index (χ3v) is 6.45. The predicted molar refractivity (Wildman–Crippen MR) is 93.1 cm³/mol. The van der Waals surface area contributed by atoms with Gasteiger partial charge >= 0.3 is 5.97 Å². The summed E-state index contributed by atoms with van der Waals surface area (Å²) in [5.41, 5.74) is 0.711. The third-order valence-electron chi connectivity index (χ3n) is 6.45. The Bertz CT molecular complexity index is 686. The molecule has 1 heterocycles. The van der Waals surface area contributed by atoms with E-state index in [9.17, 15) is 9.59 Å². The summed E-state index contributed by atoms with van der Waals surface area (Å²) >= 11 is 0. The molecule has 6 heteroatoms. The summed E-state index contributed by atoms with van der Waals surface area (Å²) in [5, 5.41) is 7.37. The molecule has 4 aliphatic rings. The van der Waals surface area contributed by atoms with Crippen LogP contribution in [0, 0.1) is 30.1 Å². The van der Waals surface area contributed by atoms with Crippen molar-refractivity contribution < 1.29 is 14.3 Å². The number of nitrogens with one attached hydrogen (secondary N) is 1. The highest BCUT2D eigenvalue weighted by atomic mass is 16.5. The van der Waals surface area contributed by atoms with E-state index in [-0.39, 0.29) is 11.3 Å². The molecule has 4 bridgehead atoms. The van der Waals surface area contributed by atoms with Crippen LogP contribution >= 0.6 is 0 Å². The van der Waals surface area contributed by atoms with Crippen LogP contribution < -0.4 is 5.32 Å². The van der Waals surface area contributed by atoms with E-state index >= 15 is 0 Å². The van der Waals surface area contributed by atoms with Crippen LogP contribution in [0.3, 0.4) is 0 Å². The van der Waals surface area contributed by atoms with Crippen molar-refractivity contribution in [3.63, 3.8) is 0 Å². The zero-order valence-corrected chi connectivity index (χ0v) is 15.3. The Balaban J connectivity index is 1.60. The predicted octanol–water partition coefficient (Wildman–Crippen LogP) is 3.06. The first-order valence-electron chi connectivity index (χ1n) is 9.44. The summed E-state index contributed by atoms with van der Waals surface area (Å²) in [6.45, 7) is 3.85. The van der Waals surface area contributed by atoms with E-state index in [0.717, 1.165) is 19.3 Å². The van der Waals surface area contributed by atoms with E-state index in [1.54, 1.807) is 25.6 Å². The summed E-state index contributed by atoms with van der Waals surface area (Å²) in [6, 6.07) is 0. The fraction of sp³-hybridized carbons (Fsp3) is 0.737. The van der Waals surface area contributed by atoms with Gasteiger partial charge in [-0.05, 0) is 70.1 Å². The number of ether oxygens (including phenoxy) is 1. The van der Waals surface area contributed by atoms with Crippen molar-refractivity contribution in [2.24, 2.45) is 30.2 Å². The van der Waals surface area contributed by atoms with E-state index in [1.165, 1.54) is 19.3 Å². The van der Waals surface area contributed by atoms with E-state index in [2.05, 4.69) is 10.4 Å². The second kappa shape index (κ2) is 5.85. The molecular weight excluding hydrogens is 318 g/mol. The molecule has 5 rings (SSSR count). The first-order chi connectivity index (χ1) is 11.9. The fourth-order valence-corrected chi connectivity index (χ4v) is 5.88. The summed E-state index contributed by atoms with van der Waals surface area (Å²) in [6.07, 6.45) is 6.88. The minimum Gasteiger partial charge on any atom is -0.462 e. The lowest BCUT2D eigenvalue weighted by Gasteiger charge is -2.55. The molecule has 136 valence electrons. The number of amides is 1. The van der Waals surface area contributed by atoms with Gasteiger partial charge in [-0.25, -0.2) is 4.79 Å². The van der Waals surface area contributed by atoms with Crippen molar-refractivity contribution in [2.75, 3.05) is 11.9 Å². The van der Waals surface area contributed by atoms with Gasteiger partial charge in [-0.3, -0.25) is 9.48 Å². The molecule has 4 saturated carbocycles. The zero-order chi connectivity index (χ0) is 17.8. The molecular formula is C19H27N3O3. The lowest BCUT2D eigenvalue weighted by molar-refractivity contribution is -0.140. The molecule has 1 aromatic heterocycles. The van der Waals surface area contributed by atoms with Crippen molar-refractivity contribution in [3.8, 4) is 0 Å². The number of aryl methyl sites for hydroxylation is 2. The summed E-state index contributed by atoms with van der Waals surface area (Å²) in [7, 11) is 1.75. The molecule has 0 saturated heterocycles. The lowest BCUT2D eigenvalue weighted by atomic mass is 9.49. The topological polar surface area (TPSA) is 73.2 Å². The maximum atomic E-state index is 13.3. The molecule has 4 fully saturated rings. The summed E-state index contributed by atoms with van der Waals surface area (Å²) < 4.78 is 6.73. The molecule has 25 heavy (non-hydrogen) atoms. The fourth-order valence-electron chi connectivity index (χ4n) is 5.88. The molecule has 6 nitrogen and oxygen atoms in total. The molecule has 0 spiro atoms. The average Bonchev–Trinajstić information content (AvgIpc) is 2.80. The molecule has 1 N–H and O–H groups in total. The number of nitrogens with zero attached hydrogens (tertiary/aromatic N) is 2. The number of rotatable bonds is 4. The Morgan fingerprint density at radius 3 is 2.28 bits per heavy atom. The van der Waals surface area contributed by atoms with Crippen LogP contribution in [0.5, 0.6) is 0 Å². The van der Waals surface area contributed by atoms with Crippen LogP contribution in [0.25, 0.3) is 0 Å². The Morgan fingerprint density at radius 1 is 1.20 bits per heavy atom. The Kier molecular flexibility index (Phi) is 3.89. The van der Waals surface area contributed by atoms with Gasteiger partial charge in [-0.2, -0.15) is 5.10 Å². The molecule has 0 aliphatic heterocycles. The number of carbonyl (C=O) groups is 2. The van der Waals surface area contributed by atoms with Gasteiger partial charge in [0.15, 0.2) is 0 Å². The van der Waals surface area contributed by atoms with Gasteiger partial charge in [-0.15, -0.1) is 0 Å². The second-order valence-electron chi connectivity index (χ2n) is 8.31. The van der Waals surface area contributed by atoms with Crippen molar-refractivity contribution >= 4 is 17.7 Å². The molecule has 0 unspecified atom stereocenters. The highest BCUT2D eigenvalue weighted by molar-refractivity contribution is 6.02. The van der Waals surface area contributed by atoms with E-state index < -0.39 is 5.97 Å². The van der Waals surface area contributed by atoms with Crippen LogP contribution in [0.15, 0.2) is 0 Å². The highest BCUT2D eigenvalue weighted by Crippen LogP contribution is 2.60. The molecule has 0 aromatic carbocycles. The Hall–Kier alpha value is -1.85. The summed E-state index contributed by atoms with van der Waals surface area (Å²) in [5.74, 6) is 2.23. The standard InChI is InChI=1S/C19H27N3O3/c1-4-25-17(23)15-11(2)21-22(3)16(15)20-18(24)19-8-12-5-13(9-19)7-14(6-12)10-19/h12-14H,4-10H2,1-3H3,(H,20,24). The van der Waals surface area contributed by atoms with Crippen molar-refractivity contribution in [3.05, 3.63) is 11.3 Å². The van der Waals surface area contributed by atoms with Gasteiger partial charge in [0.25, 0.3) is 0 Å². The molecule has 4 aliphatic carbocycles. The highest BCUT2D eigenvalue weighted by Gasteiger charge is 2.54. The number of carbonyl (C=O) groups excluding carboxylic acids is 2. The Morgan fingerprint density at radius 2 is 1.76 bits per heavy atom. The van der Waals surface area contributed by atoms with E-state index in [1.807, 2.05) is 0 Å². The quantitative estimate of drug-likeness (QED) is 0.851. The van der Waals surface area contributed by atoms with Crippen LogP contribution in [-0.4, -0.2) is 28.3 Å². The van der Waals surface area contributed by atoms with Crippen molar-refractivity contribution in [2.45, 2.75) is 52.4 Å². The van der Waals surface area contributed by atoms with Crippen molar-refractivity contribution in [1.29, 1.82) is 0 Å². The SMILES string of the molecule is CCOC(=O)c1c(C)nn(C)c1NC(=O)C12CC3CC(CC(C3)C1)C2. The number of hydrogen-bond acceptors (Lipinski definition) is 4. The molecule has 1 amide bonds. The number of anilines is 1. The maximum absolute atomic E-state index is 13.3. The largest absolute Gasteiger partial charge is 0.462 e. The first-order valence-corrected chi connectivity index (χ1v) is 9.44. The number of hydrogen-bond donors (Lipinski definition) is 1. The minimum absolute atomic E-state index is 0.0696. The van der Waals surface area contributed by atoms with Gasteiger partial charge in [0, 0.05) is 7.05 Å². The first kappa shape index (κ1) is 16.6. The Labute approximate surface area is 148 Å². The van der Waals surface area contributed by atoms with Crippen molar-refractivity contribution in [1.82, 2.24) is 9.78 Å². The van der Waals surface area contributed by atoms with Crippen LogP contribution in [0.1, 0.15) is 61.5 Å². The monoisotopic (exact) mass is 345 g/mol. The van der Waals surface area contributed by atoms with Gasteiger partial charge in [0.2, 0.25) is 5.91 Å². The average molecular weight is 345 g/mol.